The molecule has 0 radical (unpaired) electrons. The Hall–Kier alpha value is 0.0600. The average molecular weight is 757 g/mol. The summed E-state index contributed by atoms with van der Waals surface area (Å²) in [6, 6.07) is 0. The Kier molecular flexibility index (Phi) is 36.1. The normalized spacial score (nSPS) is 14.5. The minimum Gasteiger partial charge on any atom is -0.330 e. The Labute approximate surface area is 308 Å². The van der Waals surface area contributed by atoms with E-state index in [9.17, 15) is 9.13 Å². The fourth-order valence-electron chi connectivity index (χ4n) is 5.57. The third kappa shape index (κ3) is 30.5. The molecule has 0 saturated heterocycles. The lowest BCUT2D eigenvalue weighted by Crippen LogP contribution is -2.31. The van der Waals surface area contributed by atoms with E-state index in [4.69, 9.17) is 41.0 Å². The maximum Gasteiger partial charge on any atom is 0.331 e. The van der Waals surface area contributed by atoms with Crippen LogP contribution < -0.4 is 22.9 Å². The highest BCUT2D eigenvalue weighted by Crippen LogP contribution is 2.49. The summed E-state index contributed by atoms with van der Waals surface area (Å²) in [7, 11) is -6.30. The second-order valence-corrected chi connectivity index (χ2v) is 17.9. The molecule has 0 spiro atoms. The highest BCUT2D eigenvalue weighted by molar-refractivity contribution is 7.54. The van der Waals surface area contributed by atoms with Crippen molar-refractivity contribution >= 4 is 15.2 Å². The van der Waals surface area contributed by atoms with Gasteiger partial charge in [-0.25, -0.2) is 0 Å². The highest BCUT2D eigenvalue weighted by Gasteiger charge is 2.26. The molecule has 12 nitrogen and oxygen atoms in total. The van der Waals surface area contributed by atoms with Gasteiger partial charge in [0, 0.05) is 13.1 Å². The molecule has 8 N–H and O–H groups in total. The predicted molar refractivity (Wildman–Crippen MR) is 212 cm³/mol. The van der Waals surface area contributed by atoms with Gasteiger partial charge in [0.05, 0.1) is 38.8 Å². The molecule has 0 aliphatic rings. The molecule has 2 unspecified atom stereocenters. The first-order valence-corrected chi connectivity index (χ1v) is 23.8. The zero-order valence-corrected chi connectivity index (χ0v) is 34.4. The Morgan fingerprint density at radius 2 is 0.640 bits per heavy atom. The summed E-state index contributed by atoms with van der Waals surface area (Å²) in [4.78, 5) is 4.56. The standard InChI is InChI=1S/C36H82N6O6P2/c1-3-5-13-31-45-49(43,35-29-41(25-17-21-37)26-18-22-38)47-33-15-11-9-7-8-10-12-16-34-48-50(44,46-32-14-6-4-2)36-30-42(27-19-23-39)28-20-24-40/h3-40H2,1-2H3. The molecule has 0 fully saturated rings. The summed E-state index contributed by atoms with van der Waals surface area (Å²) in [5.74, 6) is 0. The predicted octanol–water partition coefficient (Wildman–Crippen LogP) is 6.94. The first-order chi connectivity index (χ1) is 24.3. The molecule has 0 bridgehead atoms. The van der Waals surface area contributed by atoms with Gasteiger partial charge in [-0.05, 0) is 104 Å². The van der Waals surface area contributed by atoms with Crippen molar-refractivity contribution in [2.45, 2.75) is 129 Å². The van der Waals surface area contributed by atoms with Gasteiger partial charge in [0.25, 0.3) is 0 Å². The monoisotopic (exact) mass is 757 g/mol. The van der Waals surface area contributed by atoms with E-state index in [0.29, 0.717) is 78.0 Å². The van der Waals surface area contributed by atoms with Crippen LogP contribution in [0.3, 0.4) is 0 Å². The van der Waals surface area contributed by atoms with Gasteiger partial charge in [-0.1, -0.05) is 78.1 Å². The molecule has 0 aromatic heterocycles. The average Bonchev–Trinajstić information content (AvgIpc) is 3.12. The fourth-order valence-corrected chi connectivity index (χ4v) is 8.92. The van der Waals surface area contributed by atoms with Gasteiger partial charge in [0.2, 0.25) is 0 Å². The number of hydrogen-bond acceptors (Lipinski definition) is 12. The summed E-state index contributed by atoms with van der Waals surface area (Å²) in [6.45, 7) is 13.6. The Morgan fingerprint density at radius 3 is 0.900 bits per heavy atom. The van der Waals surface area contributed by atoms with Gasteiger partial charge in [0.15, 0.2) is 0 Å². The van der Waals surface area contributed by atoms with E-state index in [1.165, 1.54) is 0 Å². The molecular weight excluding hydrogens is 674 g/mol. The van der Waals surface area contributed by atoms with Crippen molar-refractivity contribution in [3.05, 3.63) is 0 Å². The van der Waals surface area contributed by atoms with Crippen molar-refractivity contribution in [1.29, 1.82) is 0 Å². The van der Waals surface area contributed by atoms with Crippen LogP contribution in [0.1, 0.15) is 129 Å². The van der Waals surface area contributed by atoms with E-state index in [1.54, 1.807) is 0 Å². The summed E-state index contributed by atoms with van der Waals surface area (Å²) < 4.78 is 50.9. The second kappa shape index (κ2) is 36.1. The minimum atomic E-state index is -3.15. The van der Waals surface area contributed by atoms with Crippen molar-refractivity contribution in [3.8, 4) is 0 Å². The van der Waals surface area contributed by atoms with Gasteiger partial charge < -0.3 is 50.8 Å². The molecule has 0 amide bonds. The number of unbranched alkanes of at least 4 members (excludes halogenated alkanes) is 11. The lowest BCUT2D eigenvalue weighted by molar-refractivity contribution is 0.190. The van der Waals surface area contributed by atoms with E-state index < -0.39 is 15.2 Å². The molecule has 0 aromatic rings. The number of hydrogen-bond donors (Lipinski definition) is 4. The summed E-state index contributed by atoms with van der Waals surface area (Å²) >= 11 is 0. The molecule has 14 heteroatoms. The van der Waals surface area contributed by atoms with E-state index in [-0.39, 0.29) is 0 Å². The van der Waals surface area contributed by atoms with E-state index in [0.717, 1.165) is 142 Å². The van der Waals surface area contributed by atoms with Crippen LogP contribution in [0.2, 0.25) is 0 Å². The zero-order valence-electron chi connectivity index (χ0n) is 32.6. The number of nitrogens with two attached hydrogens (primary N) is 4. The van der Waals surface area contributed by atoms with Gasteiger partial charge in [0.1, 0.15) is 0 Å². The SMILES string of the molecule is CCCCCOP(=O)(CCN(CCCN)CCCN)OCCCCCCCCCCOP(=O)(CCN(CCCN)CCCN)OCCCCC. The molecular formula is C36H82N6O6P2. The third-order valence-electron chi connectivity index (χ3n) is 8.78. The van der Waals surface area contributed by atoms with Crippen molar-refractivity contribution in [2.24, 2.45) is 22.9 Å². The maximum absolute atomic E-state index is 13.6. The van der Waals surface area contributed by atoms with Gasteiger partial charge in [-0.15, -0.1) is 0 Å². The van der Waals surface area contributed by atoms with Crippen LogP contribution in [0.15, 0.2) is 0 Å². The molecule has 0 saturated carbocycles. The second-order valence-electron chi connectivity index (χ2n) is 13.5. The molecule has 2 atom stereocenters. The van der Waals surface area contributed by atoms with Crippen molar-refractivity contribution < 1.29 is 27.2 Å². The Morgan fingerprint density at radius 1 is 0.380 bits per heavy atom. The van der Waals surface area contributed by atoms with Crippen molar-refractivity contribution in [2.75, 3.05) is 104 Å². The smallest absolute Gasteiger partial charge is 0.330 e. The maximum atomic E-state index is 13.6. The van der Waals surface area contributed by atoms with Gasteiger partial charge in [-0.3, -0.25) is 9.13 Å². The van der Waals surface area contributed by atoms with Crippen LogP contribution >= 0.6 is 15.2 Å². The highest BCUT2D eigenvalue weighted by atomic mass is 31.2. The summed E-state index contributed by atoms with van der Waals surface area (Å²) in [6.07, 6.45) is 18.9. The van der Waals surface area contributed by atoms with E-state index in [2.05, 4.69) is 23.6 Å². The quantitative estimate of drug-likeness (QED) is 0.0373. The van der Waals surface area contributed by atoms with E-state index >= 15 is 0 Å². The number of rotatable bonds is 41. The number of nitrogens with zero attached hydrogens (tertiary/aromatic N) is 2. The summed E-state index contributed by atoms with van der Waals surface area (Å²) in [5, 5.41) is 0. The lowest BCUT2D eigenvalue weighted by Gasteiger charge is -2.25. The van der Waals surface area contributed by atoms with E-state index in [1.807, 2.05) is 0 Å². The lowest BCUT2D eigenvalue weighted by atomic mass is 10.1. The van der Waals surface area contributed by atoms with Crippen LogP contribution in [0.4, 0.5) is 0 Å². The third-order valence-corrected chi connectivity index (χ3v) is 12.6. The topological polar surface area (TPSA) is 182 Å². The molecule has 0 aliphatic heterocycles. The van der Waals surface area contributed by atoms with Crippen LogP contribution in [0.5, 0.6) is 0 Å². The largest absolute Gasteiger partial charge is 0.331 e. The van der Waals surface area contributed by atoms with Crippen LogP contribution in [-0.4, -0.2) is 114 Å². The molecule has 0 aromatic carbocycles. The van der Waals surface area contributed by atoms with Gasteiger partial charge in [-0.2, -0.15) is 0 Å². The molecule has 0 rings (SSSR count). The molecule has 302 valence electrons. The molecule has 50 heavy (non-hydrogen) atoms. The molecule has 0 aliphatic carbocycles. The minimum absolute atomic E-state index is 0.403. The molecule has 0 heterocycles. The van der Waals surface area contributed by atoms with Gasteiger partial charge >= 0.3 is 15.2 Å². The fraction of sp³-hybridized carbons (Fsp3) is 1.00. The van der Waals surface area contributed by atoms with Crippen LogP contribution in [-0.2, 0) is 27.2 Å². The first kappa shape index (κ1) is 50.1. The summed E-state index contributed by atoms with van der Waals surface area (Å²) in [5.41, 5.74) is 22.9. The van der Waals surface area contributed by atoms with Crippen LogP contribution in [0, 0.1) is 0 Å². The van der Waals surface area contributed by atoms with Crippen molar-refractivity contribution in [3.63, 3.8) is 0 Å². The Balaban J connectivity index is 4.46. The van der Waals surface area contributed by atoms with Crippen LogP contribution in [0.25, 0.3) is 0 Å². The zero-order chi connectivity index (χ0) is 37.0. The van der Waals surface area contributed by atoms with Crippen molar-refractivity contribution in [1.82, 2.24) is 9.80 Å². The first-order valence-electron chi connectivity index (χ1n) is 20.3. The Bertz CT molecular complexity index is 739.